The molecule has 0 aliphatic heterocycles. The average Bonchev–Trinajstić information content (AvgIpc) is 3.03. The van der Waals surface area contributed by atoms with Crippen molar-refractivity contribution in [1.82, 2.24) is 25.8 Å². The van der Waals surface area contributed by atoms with Gasteiger partial charge in [0.05, 0.1) is 43.1 Å². The predicted octanol–water partition coefficient (Wildman–Crippen LogP) is 0.464. The highest BCUT2D eigenvalue weighted by atomic mass is 16.5. The maximum Gasteiger partial charge on any atom is 0.294 e. The number of carbonyl (C=O) groups excluding carboxylic acids is 3. The summed E-state index contributed by atoms with van der Waals surface area (Å²) < 4.78 is 11.5. The number of nitrogens with one attached hydrogen (secondary N) is 4. The summed E-state index contributed by atoms with van der Waals surface area (Å²) in [6, 6.07) is 13.2. The molecule has 14 nitrogen and oxygen atoms in total. The van der Waals surface area contributed by atoms with Crippen LogP contribution in [0.15, 0.2) is 53.3 Å². The van der Waals surface area contributed by atoms with E-state index in [0.29, 0.717) is 32.0 Å². The van der Waals surface area contributed by atoms with E-state index in [4.69, 9.17) is 9.47 Å². The summed E-state index contributed by atoms with van der Waals surface area (Å²) in [4.78, 5) is 50.1. The molecule has 2 aromatic carbocycles. The average molecular weight is 626 g/mol. The van der Waals surface area contributed by atoms with Gasteiger partial charge in [-0.2, -0.15) is 0 Å². The molecule has 1 heterocycles. The molecule has 0 radical (unpaired) electrons. The summed E-state index contributed by atoms with van der Waals surface area (Å²) in [5.41, 5.74) is 0.229. The van der Waals surface area contributed by atoms with Gasteiger partial charge in [-0.15, -0.1) is 0 Å². The maximum atomic E-state index is 12.7. The Balaban J connectivity index is 1.40. The van der Waals surface area contributed by atoms with Crippen LogP contribution in [-0.2, 0) is 16.0 Å². The maximum absolute atomic E-state index is 12.7. The van der Waals surface area contributed by atoms with Crippen LogP contribution in [-0.4, -0.2) is 97.3 Å². The van der Waals surface area contributed by atoms with Crippen LogP contribution in [0.5, 0.6) is 17.2 Å². The Morgan fingerprint density at radius 2 is 1.27 bits per heavy atom. The molecule has 0 unspecified atom stereocenters. The van der Waals surface area contributed by atoms with Gasteiger partial charge in [-0.05, 0) is 30.7 Å². The molecule has 14 heteroatoms. The highest BCUT2D eigenvalue weighted by Gasteiger charge is 2.21. The minimum Gasteiger partial charge on any atom is -0.504 e. The number of rotatable bonds is 17. The van der Waals surface area contributed by atoms with E-state index < -0.39 is 40.5 Å². The third-order valence-corrected chi connectivity index (χ3v) is 6.69. The van der Waals surface area contributed by atoms with Gasteiger partial charge in [-0.3, -0.25) is 19.2 Å². The topological polar surface area (TPSA) is 200 Å². The van der Waals surface area contributed by atoms with Crippen LogP contribution in [0, 0.1) is 6.92 Å². The lowest BCUT2D eigenvalue weighted by Crippen LogP contribution is -2.37. The lowest BCUT2D eigenvalue weighted by Gasteiger charge is -2.14. The van der Waals surface area contributed by atoms with Gasteiger partial charge in [0.25, 0.3) is 23.3 Å². The largest absolute Gasteiger partial charge is 0.504 e. The van der Waals surface area contributed by atoms with E-state index >= 15 is 0 Å². The normalized spacial score (nSPS) is 10.8. The van der Waals surface area contributed by atoms with Crippen molar-refractivity contribution >= 4 is 17.7 Å². The quantitative estimate of drug-likeness (QED) is 0.0817. The molecule has 242 valence electrons. The Labute approximate surface area is 260 Å². The number of methoxy groups -OCH3 is 1. The molecule has 0 aliphatic carbocycles. The number of benzene rings is 2. The van der Waals surface area contributed by atoms with Gasteiger partial charge in [0.1, 0.15) is 0 Å². The van der Waals surface area contributed by atoms with Crippen LogP contribution in [0.1, 0.15) is 42.3 Å². The zero-order valence-electron chi connectivity index (χ0n) is 25.2. The summed E-state index contributed by atoms with van der Waals surface area (Å²) >= 11 is 0. The summed E-state index contributed by atoms with van der Waals surface area (Å²) in [6.45, 7) is 4.10. The first-order valence-corrected chi connectivity index (χ1v) is 14.3. The zero-order chi connectivity index (χ0) is 32.8. The summed E-state index contributed by atoms with van der Waals surface area (Å²) in [7, 11) is 1.54. The first-order valence-electron chi connectivity index (χ1n) is 14.3. The van der Waals surface area contributed by atoms with Crippen molar-refractivity contribution in [2.75, 3.05) is 59.7 Å². The van der Waals surface area contributed by atoms with E-state index in [9.17, 15) is 34.5 Å². The monoisotopic (exact) mass is 625 g/mol. The molecule has 3 aromatic rings. The second kappa shape index (κ2) is 17.4. The molecule has 3 amide bonds. The fourth-order valence-corrected chi connectivity index (χ4v) is 4.26. The minimum absolute atomic E-state index is 0.118. The van der Waals surface area contributed by atoms with Crippen LogP contribution in [0.4, 0.5) is 0 Å². The summed E-state index contributed by atoms with van der Waals surface area (Å²) in [6.07, 6.45) is 0. The van der Waals surface area contributed by atoms with Crippen LogP contribution in [0.2, 0.25) is 0 Å². The van der Waals surface area contributed by atoms with E-state index in [1.54, 1.807) is 14.0 Å². The molecule has 0 saturated carbocycles. The molecule has 0 atom stereocenters. The van der Waals surface area contributed by atoms with Crippen LogP contribution < -0.4 is 26.8 Å². The minimum atomic E-state index is -0.724. The van der Waals surface area contributed by atoms with E-state index in [1.165, 1.54) is 22.8 Å². The van der Waals surface area contributed by atoms with Gasteiger partial charge >= 0.3 is 0 Å². The van der Waals surface area contributed by atoms with Crippen molar-refractivity contribution in [1.29, 1.82) is 0 Å². The first kappa shape index (κ1) is 34.6. The Morgan fingerprint density at radius 1 is 0.711 bits per heavy atom. The van der Waals surface area contributed by atoms with Crippen LogP contribution >= 0.6 is 0 Å². The number of nitrogens with zero attached hydrogens (tertiary/aromatic N) is 1. The number of carbonyl (C=O) groups is 3. The van der Waals surface area contributed by atoms with Crippen molar-refractivity contribution in [2.45, 2.75) is 13.5 Å². The first-order chi connectivity index (χ1) is 21.6. The van der Waals surface area contributed by atoms with Crippen molar-refractivity contribution < 1.29 is 39.2 Å². The highest BCUT2D eigenvalue weighted by molar-refractivity contribution is 6.02. The van der Waals surface area contributed by atoms with Crippen LogP contribution in [0.3, 0.4) is 0 Å². The SMILES string of the molecule is COCCOCCNC(=O)c1ccc(C(=O)NCCNCCNC(=O)c2cc(C)n(Cc3ccccc3)c(=O)c2O)c(O)c1O. The Bertz CT molecular complexity index is 1530. The number of phenols is 2. The third kappa shape index (κ3) is 9.79. The van der Waals surface area contributed by atoms with Gasteiger partial charge in [0.15, 0.2) is 17.2 Å². The number of hydrogen-bond acceptors (Lipinski definition) is 10. The molecular formula is C31H39N5O9. The fraction of sp³-hybridized carbons (Fsp3) is 0.355. The van der Waals surface area contributed by atoms with E-state index in [0.717, 1.165) is 5.56 Å². The van der Waals surface area contributed by atoms with Crippen molar-refractivity contribution in [3.8, 4) is 17.2 Å². The number of ether oxygens (including phenoxy) is 2. The van der Waals surface area contributed by atoms with Gasteiger partial charge in [0, 0.05) is 45.5 Å². The third-order valence-electron chi connectivity index (χ3n) is 6.69. The number of hydrogen-bond donors (Lipinski definition) is 7. The van der Waals surface area contributed by atoms with E-state index in [2.05, 4.69) is 21.3 Å². The number of amides is 3. The number of aromatic nitrogens is 1. The standard InChI is InChI=1S/C31H39N5O9/c1-20-18-24(27(39)31(43)36(20)19-21-6-4-3-5-7-21)30(42)34-13-11-32-10-12-33-28(40)22-8-9-23(26(38)25(22)37)29(41)35-14-15-45-17-16-44-2/h3-9,18,32,37-39H,10-17,19H2,1-2H3,(H,33,40)(H,34,42)(H,35,41). The Hall–Kier alpha value is -4.92. The van der Waals surface area contributed by atoms with Crippen molar-refractivity contribution in [2.24, 2.45) is 0 Å². The van der Waals surface area contributed by atoms with Crippen molar-refractivity contribution in [3.05, 3.63) is 86.8 Å². The molecule has 1 aromatic heterocycles. The lowest BCUT2D eigenvalue weighted by molar-refractivity contribution is 0.0692. The van der Waals surface area contributed by atoms with Crippen LogP contribution in [0.25, 0.3) is 0 Å². The molecule has 45 heavy (non-hydrogen) atoms. The Morgan fingerprint density at radius 3 is 1.84 bits per heavy atom. The highest BCUT2D eigenvalue weighted by Crippen LogP contribution is 2.32. The lowest BCUT2D eigenvalue weighted by atomic mass is 10.1. The number of phenolic OH excluding ortho intramolecular Hbond substituents is 2. The molecule has 0 fully saturated rings. The zero-order valence-corrected chi connectivity index (χ0v) is 25.2. The molecule has 7 N–H and O–H groups in total. The number of aryl methyl sites for hydroxylation is 1. The Kier molecular flexibility index (Phi) is 13.4. The van der Waals surface area contributed by atoms with E-state index in [1.807, 2.05) is 30.3 Å². The molecule has 0 aliphatic rings. The second-order valence-corrected chi connectivity index (χ2v) is 9.91. The molecule has 0 spiro atoms. The summed E-state index contributed by atoms with van der Waals surface area (Å²) in [5.74, 6) is -3.97. The number of aromatic hydroxyl groups is 3. The second-order valence-electron chi connectivity index (χ2n) is 9.91. The predicted molar refractivity (Wildman–Crippen MR) is 165 cm³/mol. The summed E-state index contributed by atoms with van der Waals surface area (Å²) in [5, 5.41) is 41.8. The molecular weight excluding hydrogens is 586 g/mol. The number of pyridine rings is 1. The molecule has 0 bridgehead atoms. The van der Waals surface area contributed by atoms with Gasteiger partial charge in [-0.1, -0.05) is 30.3 Å². The van der Waals surface area contributed by atoms with Gasteiger partial charge in [0.2, 0.25) is 0 Å². The van der Waals surface area contributed by atoms with E-state index in [-0.39, 0.29) is 49.5 Å². The van der Waals surface area contributed by atoms with Gasteiger partial charge in [-0.25, -0.2) is 0 Å². The van der Waals surface area contributed by atoms with Crippen molar-refractivity contribution in [3.63, 3.8) is 0 Å². The molecule has 0 saturated heterocycles. The smallest absolute Gasteiger partial charge is 0.294 e. The van der Waals surface area contributed by atoms with Gasteiger partial charge < -0.3 is 50.6 Å². The molecule has 3 rings (SSSR count). The fourth-order valence-electron chi connectivity index (χ4n) is 4.26.